The third-order valence-electron chi connectivity index (χ3n) is 4.28. The molecule has 0 fully saturated rings. The summed E-state index contributed by atoms with van der Waals surface area (Å²) in [6.07, 6.45) is -9.02. The van der Waals surface area contributed by atoms with Crippen molar-refractivity contribution in [2.75, 3.05) is 6.61 Å². The van der Waals surface area contributed by atoms with Gasteiger partial charge in [0.15, 0.2) is 6.61 Å². The van der Waals surface area contributed by atoms with Gasteiger partial charge in [-0.05, 0) is 11.6 Å². The maximum absolute atomic E-state index is 13.4. The molecule has 1 rings (SSSR count). The molecule has 31 heavy (non-hydrogen) atoms. The maximum Gasteiger partial charge on any atom is 0.432 e. The lowest BCUT2D eigenvalue weighted by Gasteiger charge is -2.25. The molecule has 0 heterocycles. The van der Waals surface area contributed by atoms with Crippen molar-refractivity contribution in [1.82, 2.24) is 0 Å². The molecule has 0 radical (unpaired) electrons. The molecule has 7 nitrogen and oxygen atoms in total. The van der Waals surface area contributed by atoms with E-state index in [0.717, 1.165) is 11.1 Å². The van der Waals surface area contributed by atoms with Crippen LogP contribution in [0.5, 0.6) is 0 Å². The van der Waals surface area contributed by atoms with E-state index >= 15 is 0 Å². The number of hydrogen-bond acceptors (Lipinski definition) is 6. The van der Waals surface area contributed by atoms with Crippen LogP contribution in [0.3, 0.4) is 0 Å². The first kappa shape index (κ1) is 26.9. The zero-order chi connectivity index (χ0) is 24.2. The molecule has 1 atom stereocenters. The van der Waals surface area contributed by atoms with E-state index in [-0.39, 0.29) is 5.56 Å². The number of halogens is 5. The average molecular weight is 470 g/mol. The van der Waals surface area contributed by atoms with E-state index < -0.39 is 46.2 Å². The summed E-state index contributed by atoms with van der Waals surface area (Å²) in [4.78, 5) is 24.0. The summed E-state index contributed by atoms with van der Waals surface area (Å²) in [5.74, 6) is -3.18. The zero-order valence-corrected chi connectivity index (χ0v) is 17.6. The summed E-state index contributed by atoms with van der Waals surface area (Å²) in [7, 11) is -1.16. The first-order chi connectivity index (χ1) is 14.1. The average Bonchev–Trinajstić information content (AvgIpc) is 2.66. The van der Waals surface area contributed by atoms with Crippen molar-refractivity contribution in [2.45, 2.75) is 36.5 Å². The van der Waals surface area contributed by atoms with Crippen molar-refractivity contribution in [2.24, 2.45) is 0 Å². The molecule has 0 aliphatic heterocycles. The van der Waals surface area contributed by atoms with Crippen molar-refractivity contribution >= 4 is 45.6 Å². The highest BCUT2D eigenvalue weighted by Gasteiger charge is 2.66. The van der Waals surface area contributed by atoms with E-state index in [1.165, 1.54) is 6.07 Å². The minimum Gasteiger partial charge on any atom is -0.450 e. The van der Waals surface area contributed by atoms with Crippen LogP contribution >= 0.6 is 0 Å². The lowest BCUT2D eigenvalue weighted by Crippen LogP contribution is -2.52. The fraction of sp³-hybridized carbons (Fsp3) is 0.467. The van der Waals surface area contributed by atoms with Crippen LogP contribution in [-0.2, 0) is 43.3 Å². The Morgan fingerprint density at radius 1 is 1.03 bits per heavy atom. The highest BCUT2D eigenvalue weighted by molar-refractivity contribution is 7.86. The highest BCUT2D eigenvalue weighted by Crippen LogP contribution is 2.38. The number of carbonyl (C=O) groups is 2. The van der Waals surface area contributed by atoms with Gasteiger partial charge >= 0.3 is 33.5 Å². The Bertz CT molecular complexity index is 938. The third-order valence-corrected chi connectivity index (χ3v) is 5.18. The van der Waals surface area contributed by atoms with E-state index in [4.69, 9.17) is 4.55 Å². The van der Waals surface area contributed by atoms with Crippen molar-refractivity contribution in [1.29, 1.82) is 0 Å². The van der Waals surface area contributed by atoms with Gasteiger partial charge in [-0.1, -0.05) is 36.2 Å². The highest BCUT2D eigenvalue weighted by atomic mass is 32.2. The van der Waals surface area contributed by atoms with Gasteiger partial charge in [0.2, 0.25) is 0 Å². The molecule has 170 valence electrons. The van der Waals surface area contributed by atoms with Crippen molar-refractivity contribution in [3.8, 4) is 0 Å². The quantitative estimate of drug-likeness (QED) is 0.218. The first-order valence-electron chi connectivity index (χ1n) is 9.02. The molecular formula is C15H18B3F5O7S. The van der Waals surface area contributed by atoms with Gasteiger partial charge in [0.1, 0.15) is 23.5 Å². The molecule has 0 saturated heterocycles. The fourth-order valence-electron chi connectivity index (χ4n) is 2.75. The monoisotopic (exact) mass is 470 g/mol. The number of benzene rings is 1. The van der Waals surface area contributed by atoms with Gasteiger partial charge in [0.25, 0.3) is 6.10 Å². The van der Waals surface area contributed by atoms with Crippen LogP contribution in [0.25, 0.3) is 0 Å². The number of rotatable bonds is 9. The second kappa shape index (κ2) is 10.0. The molecule has 0 spiro atoms. The third kappa shape index (κ3) is 6.45. The SMILES string of the molecule is BCc1cc(CB)c(CB)c(C(=O)OCC(=O)OC(C(F)(F)F)C(F)(F)S(=O)(=O)O)c1. The number of carbonyl (C=O) groups excluding carboxylic acids is 2. The van der Waals surface area contributed by atoms with Gasteiger partial charge in [0.05, 0.1) is 5.56 Å². The fourth-order valence-corrected chi connectivity index (χ4v) is 3.20. The molecule has 0 aromatic heterocycles. The molecule has 0 amide bonds. The Labute approximate surface area is 177 Å². The minimum atomic E-state index is -6.57. The predicted molar refractivity (Wildman–Crippen MR) is 106 cm³/mol. The van der Waals surface area contributed by atoms with E-state index in [0.29, 0.717) is 24.5 Å². The summed E-state index contributed by atoms with van der Waals surface area (Å²) in [5, 5.41) is -5.87. The summed E-state index contributed by atoms with van der Waals surface area (Å²) in [5.41, 5.74) is 2.22. The predicted octanol–water partition coefficient (Wildman–Crippen LogP) is -0.803. The molecule has 0 bridgehead atoms. The lowest BCUT2D eigenvalue weighted by atomic mass is 9.81. The Morgan fingerprint density at radius 2 is 1.61 bits per heavy atom. The van der Waals surface area contributed by atoms with E-state index in [1.807, 2.05) is 21.8 Å². The maximum atomic E-state index is 13.4. The Balaban J connectivity index is 3.06. The molecular weight excluding hydrogens is 452 g/mol. The summed E-state index contributed by atoms with van der Waals surface area (Å²) in [6, 6.07) is 3.35. The molecule has 1 unspecified atom stereocenters. The van der Waals surface area contributed by atoms with E-state index in [1.54, 1.807) is 7.85 Å². The molecule has 1 N–H and O–H groups in total. The number of ether oxygens (including phenoxy) is 2. The summed E-state index contributed by atoms with van der Waals surface area (Å²) in [6.45, 7) is -1.49. The minimum absolute atomic E-state index is 0.0575. The Hall–Kier alpha value is -2.09. The van der Waals surface area contributed by atoms with Crippen LogP contribution in [0.1, 0.15) is 27.0 Å². The van der Waals surface area contributed by atoms with Gasteiger partial charge in [-0.2, -0.15) is 30.4 Å². The van der Waals surface area contributed by atoms with Crippen LogP contribution in [0.2, 0.25) is 0 Å². The van der Waals surface area contributed by atoms with Gasteiger partial charge in [-0.15, -0.1) is 0 Å². The number of alkyl halides is 5. The van der Waals surface area contributed by atoms with Gasteiger partial charge in [-0.25, -0.2) is 9.59 Å². The summed E-state index contributed by atoms with van der Waals surface area (Å²) < 4.78 is 103. The van der Waals surface area contributed by atoms with Crippen molar-refractivity contribution in [3.63, 3.8) is 0 Å². The van der Waals surface area contributed by atoms with E-state index in [2.05, 4.69) is 9.47 Å². The Morgan fingerprint density at radius 3 is 2.03 bits per heavy atom. The van der Waals surface area contributed by atoms with E-state index in [9.17, 15) is 40.0 Å². The van der Waals surface area contributed by atoms with Crippen molar-refractivity contribution in [3.05, 3.63) is 34.4 Å². The normalized spacial score (nSPS) is 13.5. The molecule has 0 aliphatic carbocycles. The second-order valence-electron chi connectivity index (χ2n) is 6.37. The number of hydrogen-bond donors (Lipinski definition) is 1. The second-order valence-corrected chi connectivity index (χ2v) is 7.86. The first-order valence-corrected chi connectivity index (χ1v) is 10.5. The molecule has 0 saturated carbocycles. The smallest absolute Gasteiger partial charge is 0.432 e. The molecule has 1 aromatic carbocycles. The topological polar surface area (TPSA) is 107 Å². The largest absolute Gasteiger partial charge is 0.450 e. The van der Waals surface area contributed by atoms with Crippen LogP contribution in [0, 0.1) is 0 Å². The van der Waals surface area contributed by atoms with Crippen LogP contribution in [0.15, 0.2) is 12.1 Å². The molecule has 16 heteroatoms. The van der Waals surface area contributed by atoms with Gasteiger partial charge in [-0.3, -0.25) is 4.55 Å². The van der Waals surface area contributed by atoms with Crippen LogP contribution < -0.4 is 0 Å². The standard InChI is InChI=1S/C15H18B3F5O7S/c16-3-7-1-8(4-17)10(5-18)9(2-7)12(25)29-6-11(24)30-13(14(19,20)21)15(22,23)31(26,27)28/h1-2,13H,3-6,16-18H2,(H,26,27,28). The zero-order valence-electron chi connectivity index (χ0n) is 16.8. The van der Waals surface area contributed by atoms with Crippen molar-refractivity contribution < 1.29 is 54.0 Å². The van der Waals surface area contributed by atoms with Crippen LogP contribution in [0.4, 0.5) is 22.0 Å². The van der Waals surface area contributed by atoms with Gasteiger partial charge < -0.3 is 9.47 Å². The summed E-state index contributed by atoms with van der Waals surface area (Å²) >= 11 is 0. The number of esters is 2. The Kier molecular flexibility index (Phi) is 8.71. The van der Waals surface area contributed by atoms with Crippen LogP contribution in [-0.4, -0.2) is 72.6 Å². The molecule has 1 aromatic rings. The van der Waals surface area contributed by atoms with Gasteiger partial charge in [0, 0.05) is 0 Å². The lowest BCUT2D eigenvalue weighted by molar-refractivity contribution is -0.259. The molecule has 0 aliphatic rings.